The lowest BCUT2D eigenvalue weighted by atomic mass is 10.1. The van der Waals surface area contributed by atoms with Gasteiger partial charge in [-0.05, 0) is 43.5 Å². The minimum atomic E-state index is -3.58. The van der Waals surface area contributed by atoms with E-state index >= 15 is 0 Å². The lowest BCUT2D eigenvalue weighted by Crippen LogP contribution is -2.39. The van der Waals surface area contributed by atoms with E-state index in [0.717, 1.165) is 0 Å². The third-order valence-corrected chi connectivity index (χ3v) is 5.85. The molecule has 1 aromatic heterocycles. The van der Waals surface area contributed by atoms with Crippen molar-refractivity contribution in [2.24, 2.45) is 0 Å². The second kappa shape index (κ2) is 5.77. The van der Waals surface area contributed by atoms with Crippen LogP contribution >= 0.6 is 0 Å². The highest BCUT2D eigenvalue weighted by molar-refractivity contribution is 7.89. The number of benzene rings is 1. The van der Waals surface area contributed by atoms with Gasteiger partial charge in [0.25, 0.3) is 0 Å². The molecule has 0 unspecified atom stereocenters. The van der Waals surface area contributed by atoms with Gasteiger partial charge in [0.15, 0.2) is 0 Å². The molecule has 1 aliphatic rings. The minimum absolute atomic E-state index is 0.122. The van der Waals surface area contributed by atoms with Crippen molar-refractivity contribution in [1.29, 1.82) is 0 Å². The zero-order valence-corrected chi connectivity index (χ0v) is 13.0. The van der Waals surface area contributed by atoms with Gasteiger partial charge in [-0.1, -0.05) is 0 Å². The molecule has 0 spiro atoms. The topological polar surface area (TPSA) is 68.1 Å². The summed E-state index contributed by atoms with van der Waals surface area (Å²) in [5.74, 6) is -0.401. The van der Waals surface area contributed by atoms with Crippen molar-refractivity contribution in [3.63, 3.8) is 0 Å². The molecule has 1 saturated heterocycles. The van der Waals surface area contributed by atoms with Gasteiger partial charge < -0.3 is 0 Å². The molecule has 6 nitrogen and oxygen atoms in total. The van der Waals surface area contributed by atoms with Gasteiger partial charge in [0.05, 0.1) is 23.3 Å². The molecule has 0 aliphatic carbocycles. The van der Waals surface area contributed by atoms with Crippen molar-refractivity contribution in [3.05, 3.63) is 42.0 Å². The Bertz CT molecular complexity index is 753. The summed E-state index contributed by atoms with van der Waals surface area (Å²) in [6.07, 6.45) is 4.55. The molecule has 22 heavy (non-hydrogen) atoms. The van der Waals surface area contributed by atoms with E-state index in [9.17, 15) is 12.8 Å². The molecule has 3 rings (SSSR count). The molecule has 0 amide bonds. The van der Waals surface area contributed by atoms with Gasteiger partial charge in [0, 0.05) is 13.1 Å². The van der Waals surface area contributed by atoms with Crippen LogP contribution in [0.2, 0.25) is 0 Å². The van der Waals surface area contributed by atoms with Crippen LogP contribution in [0.5, 0.6) is 0 Å². The van der Waals surface area contributed by atoms with Crippen molar-refractivity contribution in [2.75, 3.05) is 13.1 Å². The summed E-state index contributed by atoms with van der Waals surface area (Å²) in [6, 6.07) is 4.02. The standard InChI is InChI=1S/C14H17FN4O2S/c1-11-10-13(2-3-14(11)15)22(20,21)18-8-4-12(5-9-18)19-16-6-7-17-19/h2-3,6-7,10,12H,4-5,8-9H2,1H3. The first kappa shape index (κ1) is 15.1. The van der Waals surface area contributed by atoms with Crippen LogP contribution in [0.3, 0.4) is 0 Å². The Morgan fingerprint density at radius 1 is 1.18 bits per heavy atom. The van der Waals surface area contributed by atoms with E-state index < -0.39 is 15.8 Å². The zero-order valence-electron chi connectivity index (χ0n) is 12.2. The van der Waals surface area contributed by atoms with Crippen LogP contribution in [0, 0.1) is 12.7 Å². The predicted molar refractivity (Wildman–Crippen MR) is 78.2 cm³/mol. The van der Waals surface area contributed by atoms with Gasteiger partial charge in [-0.3, -0.25) is 0 Å². The number of hydrogen-bond acceptors (Lipinski definition) is 4. The molecule has 1 aliphatic heterocycles. The summed E-state index contributed by atoms with van der Waals surface area (Å²) in [6.45, 7) is 2.37. The van der Waals surface area contributed by atoms with Crippen molar-refractivity contribution in [1.82, 2.24) is 19.3 Å². The van der Waals surface area contributed by atoms with E-state index in [-0.39, 0.29) is 10.9 Å². The lowest BCUT2D eigenvalue weighted by molar-refractivity contribution is 0.245. The van der Waals surface area contributed by atoms with Crippen molar-refractivity contribution >= 4 is 10.0 Å². The molecule has 1 aromatic carbocycles. The van der Waals surface area contributed by atoms with Crippen molar-refractivity contribution in [3.8, 4) is 0 Å². The molecular formula is C14H17FN4O2S. The molecule has 0 saturated carbocycles. The largest absolute Gasteiger partial charge is 0.243 e. The summed E-state index contributed by atoms with van der Waals surface area (Å²) >= 11 is 0. The van der Waals surface area contributed by atoms with Crippen LogP contribution in [0.1, 0.15) is 24.4 Å². The fraction of sp³-hybridized carbons (Fsp3) is 0.429. The van der Waals surface area contributed by atoms with E-state index in [1.165, 1.54) is 22.5 Å². The van der Waals surface area contributed by atoms with Gasteiger partial charge in [-0.15, -0.1) is 0 Å². The predicted octanol–water partition coefficient (Wildman–Crippen LogP) is 1.75. The highest BCUT2D eigenvalue weighted by Crippen LogP contribution is 2.26. The SMILES string of the molecule is Cc1cc(S(=O)(=O)N2CCC(n3nccn3)CC2)ccc1F. The first-order chi connectivity index (χ1) is 10.5. The molecular weight excluding hydrogens is 307 g/mol. The van der Waals surface area contributed by atoms with Crippen LogP contribution in [0.4, 0.5) is 4.39 Å². The summed E-state index contributed by atoms with van der Waals surface area (Å²) < 4.78 is 40.0. The Kier molecular flexibility index (Phi) is 3.96. The first-order valence-electron chi connectivity index (χ1n) is 7.10. The third kappa shape index (κ3) is 2.76. The normalized spacial score (nSPS) is 17.7. The Balaban J connectivity index is 1.75. The van der Waals surface area contributed by atoms with Crippen LogP contribution in [0.15, 0.2) is 35.5 Å². The fourth-order valence-corrected chi connectivity index (χ4v) is 4.21. The highest BCUT2D eigenvalue weighted by atomic mass is 32.2. The molecule has 0 bridgehead atoms. The Morgan fingerprint density at radius 3 is 2.41 bits per heavy atom. The Morgan fingerprint density at radius 2 is 1.82 bits per heavy atom. The van der Waals surface area contributed by atoms with Gasteiger partial charge in [-0.2, -0.15) is 19.3 Å². The summed E-state index contributed by atoms with van der Waals surface area (Å²) in [5, 5.41) is 8.21. The fourth-order valence-electron chi connectivity index (χ4n) is 2.65. The van der Waals surface area contributed by atoms with Crippen LogP contribution in [0.25, 0.3) is 0 Å². The lowest BCUT2D eigenvalue weighted by Gasteiger charge is -2.30. The zero-order chi connectivity index (χ0) is 15.7. The summed E-state index contributed by atoms with van der Waals surface area (Å²) in [7, 11) is -3.58. The average molecular weight is 324 g/mol. The molecule has 1 fully saturated rings. The van der Waals surface area contributed by atoms with Gasteiger partial charge in [-0.25, -0.2) is 12.8 Å². The van der Waals surface area contributed by atoms with Crippen LogP contribution in [-0.2, 0) is 10.0 Å². The molecule has 2 aromatic rings. The van der Waals surface area contributed by atoms with E-state index in [1.54, 1.807) is 24.1 Å². The Labute approximate surface area is 128 Å². The summed E-state index contributed by atoms with van der Waals surface area (Å²) in [4.78, 5) is 1.77. The minimum Gasteiger partial charge on any atom is -0.207 e. The average Bonchev–Trinajstić information content (AvgIpc) is 3.04. The molecule has 118 valence electrons. The van der Waals surface area contributed by atoms with Gasteiger partial charge in [0.1, 0.15) is 5.82 Å². The van der Waals surface area contributed by atoms with E-state index in [4.69, 9.17) is 0 Å². The number of piperidine rings is 1. The smallest absolute Gasteiger partial charge is 0.207 e. The second-order valence-electron chi connectivity index (χ2n) is 5.40. The van der Waals surface area contributed by atoms with Crippen molar-refractivity contribution in [2.45, 2.75) is 30.7 Å². The van der Waals surface area contributed by atoms with Crippen LogP contribution in [-0.4, -0.2) is 40.8 Å². The number of aromatic nitrogens is 3. The second-order valence-corrected chi connectivity index (χ2v) is 7.33. The quantitative estimate of drug-likeness (QED) is 0.862. The molecule has 0 atom stereocenters. The molecule has 2 heterocycles. The number of rotatable bonds is 3. The van der Waals surface area contributed by atoms with E-state index in [1.807, 2.05) is 0 Å². The van der Waals surface area contributed by atoms with E-state index in [0.29, 0.717) is 31.5 Å². The number of hydrogen-bond donors (Lipinski definition) is 0. The van der Waals surface area contributed by atoms with Gasteiger partial charge in [0.2, 0.25) is 10.0 Å². The molecule has 0 N–H and O–H groups in total. The summed E-state index contributed by atoms with van der Waals surface area (Å²) in [5.41, 5.74) is 0.330. The maximum Gasteiger partial charge on any atom is 0.243 e. The Hall–Kier alpha value is -1.80. The third-order valence-electron chi connectivity index (χ3n) is 3.95. The van der Waals surface area contributed by atoms with Crippen molar-refractivity contribution < 1.29 is 12.8 Å². The number of nitrogens with zero attached hydrogens (tertiary/aromatic N) is 4. The number of sulfonamides is 1. The molecule has 8 heteroatoms. The highest BCUT2D eigenvalue weighted by Gasteiger charge is 2.30. The maximum absolute atomic E-state index is 13.3. The van der Waals surface area contributed by atoms with E-state index in [2.05, 4.69) is 10.2 Å². The first-order valence-corrected chi connectivity index (χ1v) is 8.54. The number of halogens is 1. The molecule has 0 radical (unpaired) electrons. The maximum atomic E-state index is 13.3. The monoisotopic (exact) mass is 324 g/mol. The number of aryl methyl sites for hydroxylation is 1. The van der Waals surface area contributed by atoms with Gasteiger partial charge >= 0.3 is 0 Å². The van der Waals surface area contributed by atoms with Crippen LogP contribution < -0.4 is 0 Å².